The first-order valence-corrected chi connectivity index (χ1v) is 13.3. The fraction of sp³-hybridized carbons (Fsp3) is 0.483. The van der Waals surface area contributed by atoms with Crippen LogP contribution in [0.25, 0.3) is 0 Å². The lowest BCUT2D eigenvalue weighted by Gasteiger charge is -2.28. The molecule has 39 heavy (non-hydrogen) atoms. The second-order valence-corrected chi connectivity index (χ2v) is 9.54. The molecule has 1 aliphatic heterocycles. The van der Waals surface area contributed by atoms with E-state index in [1.54, 1.807) is 38.4 Å². The topological polar surface area (TPSA) is 100 Å². The Bertz CT molecular complexity index is 1090. The molecular weight excluding hydrogens is 503 g/mol. The van der Waals surface area contributed by atoms with Crippen LogP contribution in [0, 0.1) is 5.82 Å². The predicted molar refractivity (Wildman–Crippen MR) is 148 cm³/mol. The number of rotatable bonds is 16. The third-order valence-corrected chi connectivity index (χ3v) is 6.86. The number of anilines is 1. The van der Waals surface area contributed by atoms with Gasteiger partial charge in [-0.25, -0.2) is 4.39 Å². The molecule has 1 aliphatic rings. The van der Waals surface area contributed by atoms with Gasteiger partial charge >= 0.3 is 0 Å². The number of carbonyl (C=O) groups is 3. The Morgan fingerprint density at radius 1 is 1.23 bits per heavy atom. The number of nitrogens with zero attached hydrogens (tertiary/aromatic N) is 2. The van der Waals surface area contributed by atoms with E-state index in [-0.39, 0.29) is 31.2 Å². The van der Waals surface area contributed by atoms with E-state index >= 15 is 0 Å². The van der Waals surface area contributed by atoms with Gasteiger partial charge in [0, 0.05) is 63.0 Å². The Labute approximate surface area is 229 Å². The molecule has 212 valence electrons. The molecule has 2 aromatic carbocycles. The molecule has 1 atom stereocenters. The Kier molecular flexibility index (Phi) is 12.3. The van der Waals surface area contributed by atoms with Crippen molar-refractivity contribution in [3.63, 3.8) is 0 Å². The maximum Gasteiger partial charge on any atom is 0.237 e. The third kappa shape index (κ3) is 9.12. The lowest BCUT2D eigenvalue weighted by atomic mass is 10.0. The molecule has 1 saturated heterocycles. The van der Waals surface area contributed by atoms with Gasteiger partial charge in [0.05, 0.1) is 25.9 Å². The smallest absolute Gasteiger partial charge is 0.237 e. The molecule has 0 saturated carbocycles. The highest BCUT2D eigenvalue weighted by Crippen LogP contribution is 2.25. The van der Waals surface area contributed by atoms with Gasteiger partial charge in [0.1, 0.15) is 24.1 Å². The summed E-state index contributed by atoms with van der Waals surface area (Å²) in [6.45, 7) is 5.31. The number of halogens is 1. The number of carbonyl (C=O) groups excluding carboxylic acids is 3. The highest BCUT2D eigenvalue weighted by Gasteiger charge is 2.23. The van der Waals surface area contributed by atoms with Crippen LogP contribution in [0.5, 0.6) is 5.75 Å². The van der Waals surface area contributed by atoms with E-state index in [1.807, 2.05) is 11.0 Å². The Balaban J connectivity index is 1.65. The predicted octanol–water partition coefficient (Wildman–Crippen LogP) is 2.88. The van der Waals surface area contributed by atoms with Crippen molar-refractivity contribution in [2.75, 3.05) is 58.9 Å². The largest absolute Gasteiger partial charge is 0.494 e. The first kappa shape index (κ1) is 30.2. The second kappa shape index (κ2) is 15.9. The summed E-state index contributed by atoms with van der Waals surface area (Å²) in [6, 6.07) is 9.44. The summed E-state index contributed by atoms with van der Waals surface area (Å²) < 4.78 is 25.9. The van der Waals surface area contributed by atoms with E-state index in [4.69, 9.17) is 9.47 Å². The molecule has 9 nitrogen and oxygen atoms in total. The van der Waals surface area contributed by atoms with Gasteiger partial charge in [-0.05, 0) is 49.7 Å². The van der Waals surface area contributed by atoms with Gasteiger partial charge in [0.15, 0.2) is 0 Å². The fourth-order valence-electron chi connectivity index (χ4n) is 4.63. The zero-order valence-corrected chi connectivity index (χ0v) is 22.8. The van der Waals surface area contributed by atoms with Gasteiger partial charge in [-0.1, -0.05) is 12.1 Å². The SMILES string of the molecule is CNC(=O)C(CCC=O)N(C)Cc1c(C=O)cccc1NCc1cc(OCCCN2CCOCC2)ccc1F. The number of ether oxygens (including phenoxy) is 2. The number of likely N-dealkylation sites (N-methyl/N-ethyl adjacent to an activating group) is 2. The average molecular weight is 543 g/mol. The van der Waals surface area contributed by atoms with Crippen LogP contribution in [0.3, 0.4) is 0 Å². The minimum Gasteiger partial charge on any atom is -0.494 e. The number of hydrogen-bond acceptors (Lipinski definition) is 8. The Morgan fingerprint density at radius 3 is 2.74 bits per heavy atom. The Morgan fingerprint density at radius 2 is 2.03 bits per heavy atom. The molecule has 0 spiro atoms. The van der Waals surface area contributed by atoms with Crippen LogP contribution in [-0.4, -0.2) is 87.9 Å². The molecule has 2 aromatic rings. The molecule has 1 amide bonds. The highest BCUT2D eigenvalue weighted by atomic mass is 19.1. The fourth-order valence-corrected chi connectivity index (χ4v) is 4.63. The van der Waals surface area contributed by atoms with Crippen LogP contribution in [0.1, 0.15) is 40.7 Å². The first-order chi connectivity index (χ1) is 19.0. The summed E-state index contributed by atoms with van der Waals surface area (Å²) in [7, 11) is 3.32. The van der Waals surface area contributed by atoms with E-state index in [1.165, 1.54) is 6.07 Å². The zero-order valence-electron chi connectivity index (χ0n) is 22.8. The van der Waals surface area contributed by atoms with Crippen LogP contribution in [0.2, 0.25) is 0 Å². The van der Waals surface area contributed by atoms with Crippen molar-refractivity contribution in [1.29, 1.82) is 0 Å². The molecule has 0 aliphatic carbocycles. The van der Waals surface area contributed by atoms with Crippen molar-refractivity contribution >= 4 is 24.2 Å². The molecule has 2 N–H and O–H groups in total. The first-order valence-electron chi connectivity index (χ1n) is 13.3. The van der Waals surface area contributed by atoms with Gasteiger partial charge in [-0.15, -0.1) is 0 Å². The van der Waals surface area contributed by atoms with Gasteiger partial charge < -0.3 is 24.9 Å². The summed E-state index contributed by atoms with van der Waals surface area (Å²) in [6.07, 6.45) is 3.02. The molecule has 0 bridgehead atoms. The number of amides is 1. The monoisotopic (exact) mass is 542 g/mol. The van der Waals surface area contributed by atoms with Crippen LogP contribution < -0.4 is 15.4 Å². The van der Waals surface area contributed by atoms with Crippen molar-refractivity contribution in [2.45, 2.75) is 38.4 Å². The maximum atomic E-state index is 14.7. The minimum atomic E-state index is -0.540. The summed E-state index contributed by atoms with van der Waals surface area (Å²) in [5.41, 5.74) is 2.25. The molecule has 0 radical (unpaired) electrons. The van der Waals surface area contributed by atoms with E-state index in [2.05, 4.69) is 15.5 Å². The number of nitrogens with one attached hydrogen (secondary N) is 2. The van der Waals surface area contributed by atoms with Gasteiger partial charge in [-0.3, -0.25) is 19.4 Å². The van der Waals surface area contributed by atoms with E-state index < -0.39 is 6.04 Å². The molecule has 0 aromatic heterocycles. The lowest BCUT2D eigenvalue weighted by molar-refractivity contribution is -0.126. The summed E-state index contributed by atoms with van der Waals surface area (Å²) in [4.78, 5) is 39.3. The second-order valence-electron chi connectivity index (χ2n) is 9.54. The lowest BCUT2D eigenvalue weighted by Crippen LogP contribution is -2.43. The van der Waals surface area contributed by atoms with E-state index in [0.717, 1.165) is 51.8 Å². The summed E-state index contributed by atoms with van der Waals surface area (Å²) >= 11 is 0. The van der Waals surface area contributed by atoms with Crippen molar-refractivity contribution in [2.24, 2.45) is 0 Å². The van der Waals surface area contributed by atoms with E-state index in [9.17, 15) is 18.8 Å². The number of benzene rings is 2. The third-order valence-electron chi connectivity index (χ3n) is 6.86. The van der Waals surface area contributed by atoms with Gasteiger partial charge in [-0.2, -0.15) is 0 Å². The van der Waals surface area contributed by atoms with Crippen molar-refractivity contribution in [3.05, 3.63) is 58.9 Å². The molecule has 1 heterocycles. The van der Waals surface area contributed by atoms with Crippen LogP contribution in [-0.2, 0) is 27.4 Å². The Hall–Kier alpha value is -3.34. The van der Waals surface area contributed by atoms with Crippen molar-refractivity contribution in [3.8, 4) is 5.75 Å². The average Bonchev–Trinajstić information content (AvgIpc) is 2.96. The van der Waals surface area contributed by atoms with Gasteiger partial charge in [0.2, 0.25) is 5.91 Å². The van der Waals surface area contributed by atoms with E-state index in [0.29, 0.717) is 41.2 Å². The maximum absolute atomic E-state index is 14.7. The van der Waals surface area contributed by atoms with Crippen LogP contribution in [0.15, 0.2) is 36.4 Å². The number of aldehydes is 2. The normalized spacial score (nSPS) is 14.6. The van der Waals surface area contributed by atoms with Crippen molar-refractivity contribution < 1.29 is 28.2 Å². The summed E-state index contributed by atoms with van der Waals surface area (Å²) in [5.74, 6) is 0.0311. The van der Waals surface area contributed by atoms with Crippen LogP contribution >= 0.6 is 0 Å². The molecule has 10 heteroatoms. The quantitative estimate of drug-likeness (QED) is 0.247. The number of hydrogen-bond donors (Lipinski definition) is 2. The van der Waals surface area contributed by atoms with Crippen molar-refractivity contribution in [1.82, 2.24) is 15.1 Å². The highest BCUT2D eigenvalue weighted by molar-refractivity contribution is 5.82. The minimum absolute atomic E-state index is 0.180. The van der Waals surface area contributed by atoms with Crippen LogP contribution in [0.4, 0.5) is 10.1 Å². The molecular formula is C29H39FN4O5. The standard InChI is InChI=1S/C29H39FN4O5/c1-31-29(37)28(8-4-14-35)33(2)20-25-22(21-36)6-3-7-27(25)32-19-23-18-24(9-10-26(23)30)39-15-5-11-34-12-16-38-17-13-34/h3,6-7,9-10,14,18,21,28,32H,4-5,8,11-13,15-17,19-20H2,1-2H3,(H,31,37). The molecule has 3 rings (SSSR count). The van der Waals surface area contributed by atoms with Gasteiger partial charge in [0.25, 0.3) is 0 Å². The molecule has 1 fully saturated rings. The summed E-state index contributed by atoms with van der Waals surface area (Å²) in [5, 5.41) is 5.89. The zero-order chi connectivity index (χ0) is 28.0. The number of morpholine rings is 1. The molecule has 1 unspecified atom stereocenters.